The molecule has 0 spiro atoms. The number of esters is 4. The summed E-state index contributed by atoms with van der Waals surface area (Å²) in [7, 11) is -10.1. The second-order valence-electron chi connectivity index (χ2n) is 34.2. The molecule has 0 N–H and O–H groups in total. The van der Waals surface area contributed by atoms with E-state index in [9.17, 15) is 45.1 Å². The molecule has 2 aromatic carbocycles. The zero-order valence-corrected chi connectivity index (χ0v) is 81.9. The van der Waals surface area contributed by atoms with E-state index in [1.54, 1.807) is 0 Å². The summed E-state index contributed by atoms with van der Waals surface area (Å²) >= 11 is 0. The van der Waals surface area contributed by atoms with Crippen molar-refractivity contribution in [1.82, 2.24) is 0 Å². The van der Waals surface area contributed by atoms with Crippen molar-refractivity contribution in [3.8, 4) is 0 Å². The van der Waals surface area contributed by atoms with Crippen molar-refractivity contribution in [2.45, 2.75) is 500 Å². The minimum atomic E-state index is -5.04. The fourth-order valence-electron chi connectivity index (χ4n) is 15.6. The monoisotopic (exact) mass is 1760 g/mol. The summed E-state index contributed by atoms with van der Waals surface area (Å²) in [5.41, 5.74) is -1.69. The number of ether oxygens (including phenoxy) is 4. The van der Waals surface area contributed by atoms with Gasteiger partial charge in [0.05, 0.1) is 58.5 Å². The first kappa shape index (κ1) is 117. The molecular weight excluding hydrogens is 1580 g/mol. The van der Waals surface area contributed by atoms with Crippen molar-refractivity contribution in [2.75, 3.05) is 26.4 Å². The molecule has 0 aliphatic rings. The number of carbonyl (C=O) groups is 4. The van der Waals surface area contributed by atoms with Crippen LogP contribution in [0.25, 0.3) is 0 Å². The van der Waals surface area contributed by atoms with E-state index in [4.69, 9.17) is 18.9 Å². The van der Waals surface area contributed by atoms with Gasteiger partial charge in [0.15, 0.2) is 0 Å². The van der Waals surface area contributed by atoms with Gasteiger partial charge in [-0.2, -0.15) is 0 Å². The van der Waals surface area contributed by atoms with Crippen molar-refractivity contribution in [3.05, 3.63) is 107 Å². The minimum absolute atomic E-state index is 0. The summed E-state index contributed by atoms with van der Waals surface area (Å²) in [5.74, 6) is -3.78. The average Bonchev–Trinajstić information content (AvgIpc) is 0.796. The maximum atomic E-state index is 13.0. The molecule has 0 saturated carbocycles. The summed E-state index contributed by atoms with van der Waals surface area (Å²) in [4.78, 5) is 50.4. The molecule has 0 bridgehead atoms. The van der Waals surface area contributed by atoms with Crippen molar-refractivity contribution < 1.29 is 64.1 Å². The normalized spacial score (nSPS) is 11.8. The fraction of sp³-hybridized carbons (Fsp3) is 0.769. The van der Waals surface area contributed by atoms with E-state index in [1.807, 2.05) is 24.3 Å². The molecule has 0 aromatic heterocycles. The number of hydrogen-bond acceptors (Lipinski definition) is 14. The molecular formula is C104H178CaO14S2. The van der Waals surface area contributed by atoms with Crippen LogP contribution in [0.4, 0.5) is 0 Å². The third kappa shape index (κ3) is 73.0. The average molecular weight is 1760 g/mol. The van der Waals surface area contributed by atoms with E-state index in [0.717, 1.165) is 63.5 Å². The summed E-state index contributed by atoms with van der Waals surface area (Å²) < 4.78 is 93.5. The van der Waals surface area contributed by atoms with Crippen LogP contribution in [0.1, 0.15) is 531 Å². The van der Waals surface area contributed by atoms with Crippen LogP contribution >= 0.6 is 0 Å². The van der Waals surface area contributed by atoms with Gasteiger partial charge in [-0.15, -0.1) is 0 Å². The maximum Gasteiger partial charge on any atom is 2.00 e. The van der Waals surface area contributed by atoms with Gasteiger partial charge < -0.3 is 28.1 Å². The first-order valence-electron chi connectivity index (χ1n) is 50.1. The largest absolute Gasteiger partial charge is 2.00 e. The summed E-state index contributed by atoms with van der Waals surface area (Å²) in [5, 5.41) is 0. The van der Waals surface area contributed by atoms with Crippen molar-refractivity contribution in [2.24, 2.45) is 0 Å². The van der Waals surface area contributed by atoms with Crippen LogP contribution in [-0.2, 0) is 39.2 Å². The van der Waals surface area contributed by atoms with E-state index in [2.05, 4.69) is 52.0 Å². The van der Waals surface area contributed by atoms with Crippen molar-refractivity contribution in [1.29, 1.82) is 0 Å². The molecule has 0 atom stereocenters. The van der Waals surface area contributed by atoms with Gasteiger partial charge in [-0.1, -0.05) is 474 Å². The van der Waals surface area contributed by atoms with Crippen LogP contribution in [0.2, 0.25) is 0 Å². The van der Waals surface area contributed by atoms with Gasteiger partial charge in [-0.25, -0.2) is 36.0 Å². The Morgan fingerprint density at radius 2 is 0.380 bits per heavy atom. The molecule has 0 aliphatic carbocycles. The van der Waals surface area contributed by atoms with Crippen LogP contribution in [0, 0.1) is 0 Å². The van der Waals surface area contributed by atoms with Gasteiger partial charge in [-0.3, -0.25) is 0 Å². The minimum Gasteiger partial charge on any atom is -0.744 e. The van der Waals surface area contributed by atoms with E-state index < -0.39 is 65.0 Å². The maximum absolute atomic E-state index is 13.0. The van der Waals surface area contributed by atoms with Crippen molar-refractivity contribution >= 4 is 81.9 Å². The summed E-state index contributed by atoms with van der Waals surface area (Å²) in [6.07, 6.45) is 108. The van der Waals surface area contributed by atoms with E-state index in [1.165, 1.54) is 410 Å². The zero-order valence-electron chi connectivity index (χ0n) is 78.1. The smallest absolute Gasteiger partial charge is 0.744 e. The molecule has 0 unspecified atom stereocenters. The Kier molecular flexibility index (Phi) is 85.7. The van der Waals surface area contributed by atoms with Crippen LogP contribution in [0.5, 0.6) is 0 Å². The number of carbonyl (C=O) groups excluding carboxylic acids is 4. The number of unbranched alkanes of at least 4 members (excludes halogenated alkanes) is 64. The van der Waals surface area contributed by atoms with Crippen molar-refractivity contribution in [3.63, 3.8) is 0 Å². The van der Waals surface area contributed by atoms with Crippen LogP contribution in [0.15, 0.2) is 94.8 Å². The topological polar surface area (TPSA) is 220 Å². The Hall–Kier alpha value is -3.64. The van der Waals surface area contributed by atoms with Crippen LogP contribution in [0.3, 0.4) is 0 Å². The Morgan fingerprint density at radius 1 is 0.231 bits per heavy atom. The van der Waals surface area contributed by atoms with Gasteiger partial charge in [0.2, 0.25) is 0 Å². The van der Waals surface area contributed by atoms with E-state index >= 15 is 0 Å². The van der Waals surface area contributed by atoms with Gasteiger partial charge in [0.25, 0.3) is 0 Å². The van der Waals surface area contributed by atoms with Gasteiger partial charge in [-0.05, 0) is 101 Å². The number of allylic oxidation sites excluding steroid dienone is 4. The molecule has 121 heavy (non-hydrogen) atoms. The summed E-state index contributed by atoms with van der Waals surface area (Å²) in [6, 6.07) is 7.15. The predicted molar refractivity (Wildman–Crippen MR) is 507 cm³/mol. The third-order valence-corrected chi connectivity index (χ3v) is 24.8. The van der Waals surface area contributed by atoms with E-state index in [-0.39, 0.29) is 75.3 Å². The quantitative estimate of drug-likeness (QED) is 0.0150. The molecule has 692 valence electrons. The van der Waals surface area contributed by atoms with Gasteiger partial charge in [0.1, 0.15) is 20.2 Å². The third-order valence-electron chi connectivity index (χ3n) is 23.1. The van der Waals surface area contributed by atoms with Gasteiger partial charge in [0, 0.05) is 0 Å². The number of benzene rings is 2. The molecule has 0 amide bonds. The number of hydrogen-bond donors (Lipinski definition) is 0. The molecule has 0 saturated heterocycles. The van der Waals surface area contributed by atoms with Crippen LogP contribution in [-0.4, -0.2) is 114 Å². The second-order valence-corrected chi connectivity index (χ2v) is 36.9. The molecule has 2 rings (SSSR count). The molecule has 0 fully saturated rings. The zero-order chi connectivity index (χ0) is 87.2. The van der Waals surface area contributed by atoms with Gasteiger partial charge >= 0.3 is 61.6 Å². The standard InChI is InChI=1S/2C52H90O7S.Ca/c2*1-3-5-7-9-11-13-15-17-19-21-23-25-27-29-31-33-35-37-39-41-46-58-51(53)48-44-43-45-49(60(55,56)57)50(48)52(54)59-47-42-40-38-36-34-32-30-28-26-24-22-20-18-16-14-12-10-8-6-4-2;/h2*37-40,43-45H,3-36,41-42,46-47H2,1-2H3,(H,55,56,57);/q;;+2/p-2/b2*39-37+,40-38+;. The molecule has 2 aromatic rings. The summed E-state index contributed by atoms with van der Waals surface area (Å²) in [6.45, 7) is 9.22. The first-order valence-corrected chi connectivity index (χ1v) is 52.9. The Morgan fingerprint density at radius 3 is 0.545 bits per heavy atom. The molecule has 14 nitrogen and oxygen atoms in total. The molecule has 17 heteroatoms. The van der Waals surface area contributed by atoms with Crippen LogP contribution < -0.4 is 0 Å². The first-order chi connectivity index (χ1) is 58.6. The van der Waals surface area contributed by atoms with E-state index in [0.29, 0.717) is 25.7 Å². The molecule has 0 radical (unpaired) electrons. The SMILES string of the molecule is CCCCCCCCCCCCCCCCCC/C=C/CCOC(=O)c1cccc(S(=O)(=O)[O-])c1C(=O)OCC/C=C/CCCCCCCCCCCCCCCCCC.CCCCCCCCCCCCCCCCCC/C=C/CCOC(=O)c1cccc(S(=O)(=O)[O-])c1C(=O)OCC/C=C/CCCCCCCCCCCCCCCCCC.[Ca+2]. The second kappa shape index (κ2) is 88.4. The molecule has 0 aliphatic heterocycles. The predicted octanol–water partition coefficient (Wildman–Crippen LogP) is 31.8. The fourth-order valence-corrected chi connectivity index (χ4v) is 17.0. The Labute approximate surface area is 773 Å². The molecule has 0 heterocycles. The number of rotatable bonds is 86. The Bertz CT molecular complexity index is 2880. The Balaban J connectivity index is 0.00000236.